The van der Waals surface area contributed by atoms with Gasteiger partial charge in [0.05, 0.1) is 0 Å². The highest BCUT2D eigenvalue weighted by Crippen LogP contribution is 2.27. The molecule has 0 saturated heterocycles. The molecule has 2 aromatic rings. The van der Waals surface area contributed by atoms with Gasteiger partial charge in [0.2, 0.25) is 0 Å². The van der Waals surface area contributed by atoms with E-state index in [0.29, 0.717) is 5.39 Å². The van der Waals surface area contributed by atoms with E-state index in [1.54, 1.807) is 6.07 Å². The molecule has 0 unspecified atom stereocenters. The van der Waals surface area contributed by atoms with Crippen LogP contribution in [0.15, 0.2) is 41.3 Å². The van der Waals surface area contributed by atoms with Crippen molar-refractivity contribution in [2.45, 2.75) is 56.8 Å². The monoisotopic (exact) mass is 320 g/mol. The standard InChI is InChI=1S/C18H24O3S/c1-2-3-4-5-6-7-10-15-11-8-12-16-13-9-14-17(18(15)16)22(19,20)21/h8-9,11-14H,2-7,10H2,1H3,(H,19,20,21). The maximum atomic E-state index is 11.6. The van der Waals surface area contributed by atoms with Gasteiger partial charge < -0.3 is 0 Å². The van der Waals surface area contributed by atoms with E-state index in [9.17, 15) is 13.0 Å². The van der Waals surface area contributed by atoms with Crippen molar-refractivity contribution in [3.63, 3.8) is 0 Å². The smallest absolute Gasteiger partial charge is 0.282 e. The van der Waals surface area contributed by atoms with Crippen molar-refractivity contribution in [2.75, 3.05) is 0 Å². The van der Waals surface area contributed by atoms with Crippen LogP contribution in [0.2, 0.25) is 0 Å². The SMILES string of the molecule is CCCCCCCCc1cccc2cccc(S(=O)(=O)O)c12. The highest BCUT2D eigenvalue weighted by atomic mass is 32.2. The number of aryl methyl sites for hydroxylation is 1. The Kier molecular flexibility index (Phi) is 5.98. The van der Waals surface area contributed by atoms with Crippen LogP contribution in [0.1, 0.15) is 51.0 Å². The molecule has 0 aliphatic carbocycles. The van der Waals surface area contributed by atoms with Gasteiger partial charge in [-0.1, -0.05) is 69.4 Å². The van der Waals surface area contributed by atoms with Gasteiger partial charge in [-0.2, -0.15) is 8.42 Å². The summed E-state index contributed by atoms with van der Waals surface area (Å²) in [6, 6.07) is 10.8. The fourth-order valence-corrected chi connectivity index (χ4v) is 3.66. The highest BCUT2D eigenvalue weighted by molar-refractivity contribution is 7.86. The first-order chi connectivity index (χ1) is 10.5. The minimum absolute atomic E-state index is 0.0200. The molecule has 0 aliphatic heterocycles. The molecular weight excluding hydrogens is 296 g/mol. The van der Waals surface area contributed by atoms with Crippen molar-refractivity contribution in [3.05, 3.63) is 42.0 Å². The summed E-state index contributed by atoms with van der Waals surface area (Å²) in [5.74, 6) is 0. The summed E-state index contributed by atoms with van der Waals surface area (Å²) in [5, 5.41) is 1.53. The number of rotatable bonds is 8. The molecule has 0 fully saturated rings. The Hall–Kier alpha value is -1.39. The molecule has 0 aliphatic rings. The van der Waals surface area contributed by atoms with E-state index < -0.39 is 10.1 Å². The van der Waals surface area contributed by atoms with E-state index >= 15 is 0 Å². The van der Waals surface area contributed by atoms with E-state index in [2.05, 4.69) is 6.92 Å². The second-order valence-electron chi connectivity index (χ2n) is 5.76. The Morgan fingerprint density at radius 2 is 1.55 bits per heavy atom. The molecule has 0 bridgehead atoms. The zero-order valence-corrected chi connectivity index (χ0v) is 13.9. The number of benzene rings is 2. The third kappa shape index (κ3) is 4.31. The van der Waals surface area contributed by atoms with Crippen molar-refractivity contribution in [2.24, 2.45) is 0 Å². The van der Waals surface area contributed by atoms with Crippen molar-refractivity contribution < 1.29 is 13.0 Å². The first-order valence-electron chi connectivity index (χ1n) is 8.02. The molecule has 0 amide bonds. The quantitative estimate of drug-likeness (QED) is 0.550. The number of fused-ring (bicyclic) bond motifs is 1. The van der Waals surface area contributed by atoms with Crippen molar-refractivity contribution in [3.8, 4) is 0 Å². The van der Waals surface area contributed by atoms with Crippen LogP contribution in [-0.2, 0) is 16.5 Å². The Balaban J connectivity index is 2.19. The lowest BCUT2D eigenvalue weighted by Gasteiger charge is -2.10. The summed E-state index contributed by atoms with van der Waals surface area (Å²) in [4.78, 5) is 0.0200. The molecule has 22 heavy (non-hydrogen) atoms. The summed E-state index contributed by atoms with van der Waals surface area (Å²) in [5.41, 5.74) is 1.00. The first-order valence-corrected chi connectivity index (χ1v) is 9.46. The minimum atomic E-state index is -4.19. The molecule has 0 heterocycles. The van der Waals surface area contributed by atoms with Gasteiger partial charge in [-0.25, -0.2) is 0 Å². The largest absolute Gasteiger partial charge is 0.295 e. The van der Waals surface area contributed by atoms with Crippen LogP contribution in [0, 0.1) is 0 Å². The topological polar surface area (TPSA) is 54.4 Å². The van der Waals surface area contributed by atoms with E-state index in [1.807, 2.05) is 24.3 Å². The van der Waals surface area contributed by atoms with Crippen molar-refractivity contribution in [1.82, 2.24) is 0 Å². The molecule has 0 radical (unpaired) electrons. The number of unbranched alkanes of at least 4 members (excludes halogenated alkanes) is 5. The molecular formula is C18H24O3S. The average Bonchev–Trinajstić information content (AvgIpc) is 2.49. The summed E-state index contributed by atoms with van der Waals surface area (Å²) < 4.78 is 32.7. The second kappa shape index (κ2) is 7.75. The van der Waals surface area contributed by atoms with E-state index in [-0.39, 0.29) is 4.90 Å². The van der Waals surface area contributed by atoms with Gasteiger partial charge in [0.15, 0.2) is 0 Å². The van der Waals surface area contributed by atoms with Crippen LogP contribution >= 0.6 is 0 Å². The summed E-state index contributed by atoms with van der Waals surface area (Å²) >= 11 is 0. The molecule has 120 valence electrons. The first kappa shape index (κ1) is 17.0. The Bertz CT molecular complexity index is 715. The van der Waals surface area contributed by atoms with Crippen LogP contribution < -0.4 is 0 Å². The van der Waals surface area contributed by atoms with Gasteiger partial charge in [0.1, 0.15) is 4.90 Å². The van der Waals surface area contributed by atoms with Crippen molar-refractivity contribution >= 4 is 20.9 Å². The molecule has 2 aromatic carbocycles. The Morgan fingerprint density at radius 3 is 2.23 bits per heavy atom. The molecule has 4 heteroatoms. The van der Waals surface area contributed by atoms with Crippen LogP contribution in [0.5, 0.6) is 0 Å². The summed E-state index contributed by atoms with van der Waals surface area (Å²) in [7, 11) is -4.19. The second-order valence-corrected chi connectivity index (χ2v) is 7.15. The number of hydrogen-bond donors (Lipinski definition) is 1. The van der Waals surface area contributed by atoms with Crippen LogP contribution in [-0.4, -0.2) is 13.0 Å². The van der Waals surface area contributed by atoms with E-state index in [1.165, 1.54) is 31.7 Å². The lowest BCUT2D eigenvalue weighted by molar-refractivity contribution is 0.484. The average molecular weight is 320 g/mol. The molecule has 0 saturated carbocycles. The van der Waals surface area contributed by atoms with Crippen LogP contribution in [0.3, 0.4) is 0 Å². The molecule has 0 aromatic heterocycles. The van der Waals surface area contributed by atoms with Crippen LogP contribution in [0.4, 0.5) is 0 Å². The van der Waals surface area contributed by atoms with Gasteiger partial charge in [0, 0.05) is 5.39 Å². The molecule has 1 N–H and O–H groups in total. The zero-order valence-electron chi connectivity index (χ0n) is 13.1. The van der Waals surface area contributed by atoms with Gasteiger partial charge >= 0.3 is 0 Å². The molecule has 0 atom stereocenters. The zero-order chi connectivity index (χ0) is 16.0. The third-order valence-electron chi connectivity index (χ3n) is 4.03. The Morgan fingerprint density at radius 1 is 0.909 bits per heavy atom. The maximum Gasteiger partial charge on any atom is 0.295 e. The predicted molar refractivity (Wildman–Crippen MR) is 90.8 cm³/mol. The molecule has 2 rings (SSSR count). The van der Waals surface area contributed by atoms with Crippen LogP contribution in [0.25, 0.3) is 10.8 Å². The van der Waals surface area contributed by atoms with E-state index in [0.717, 1.165) is 30.2 Å². The lowest BCUT2D eigenvalue weighted by atomic mass is 9.99. The summed E-state index contributed by atoms with van der Waals surface area (Å²) in [6.07, 6.45) is 8.05. The third-order valence-corrected chi connectivity index (χ3v) is 4.93. The summed E-state index contributed by atoms with van der Waals surface area (Å²) in [6.45, 7) is 2.20. The normalized spacial score (nSPS) is 11.9. The Labute approximate surface area is 133 Å². The van der Waals surface area contributed by atoms with Gasteiger partial charge in [-0.15, -0.1) is 0 Å². The van der Waals surface area contributed by atoms with Gasteiger partial charge in [-0.3, -0.25) is 4.55 Å². The fourth-order valence-electron chi connectivity index (χ4n) is 2.90. The fraction of sp³-hybridized carbons (Fsp3) is 0.444. The predicted octanol–water partition coefficient (Wildman–Crippen LogP) is 4.99. The van der Waals surface area contributed by atoms with Crippen molar-refractivity contribution in [1.29, 1.82) is 0 Å². The molecule has 3 nitrogen and oxygen atoms in total. The van der Waals surface area contributed by atoms with Gasteiger partial charge in [-0.05, 0) is 29.9 Å². The minimum Gasteiger partial charge on any atom is -0.282 e. The lowest BCUT2D eigenvalue weighted by Crippen LogP contribution is -2.01. The molecule has 0 spiro atoms. The maximum absolute atomic E-state index is 11.6. The highest BCUT2D eigenvalue weighted by Gasteiger charge is 2.15. The number of hydrogen-bond acceptors (Lipinski definition) is 2. The van der Waals surface area contributed by atoms with Gasteiger partial charge in [0.25, 0.3) is 10.1 Å². The van der Waals surface area contributed by atoms with E-state index in [4.69, 9.17) is 0 Å².